The van der Waals surface area contributed by atoms with Crippen molar-refractivity contribution in [1.82, 2.24) is 5.32 Å². The normalized spacial score (nSPS) is 14.5. The Bertz CT molecular complexity index is 374. The Kier molecular flexibility index (Phi) is 3.02. The number of amides is 1. The van der Waals surface area contributed by atoms with Gasteiger partial charge in [-0.1, -0.05) is 19.1 Å². The summed E-state index contributed by atoms with van der Waals surface area (Å²) in [6.07, 6.45) is 1.46. The second kappa shape index (κ2) is 4.45. The zero-order valence-electron chi connectivity index (χ0n) is 8.92. The number of nitrogens with zero attached hydrogens (tertiary/aromatic N) is 1. The predicted molar refractivity (Wildman–Crippen MR) is 59.8 cm³/mol. The summed E-state index contributed by atoms with van der Waals surface area (Å²) in [5.74, 6) is 0.0749. The lowest BCUT2D eigenvalue weighted by molar-refractivity contribution is -0.115. The van der Waals surface area contributed by atoms with E-state index in [9.17, 15) is 4.79 Å². The number of rotatable bonds is 2. The molecule has 1 amide bonds. The van der Waals surface area contributed by atoms with Gasteiger partial charge in [0.25, 0.3) is 0 Å². The maximum absolute atomic E-state index is 11.3. The van der Waals surface area contributed by atoms with E-state index < -0.39 is 0 Å². The molecule has 79 valence electrons. The maximum Gasteiger partial charge on any atom is 0.224 e. The van der Waals surface area contributed by atoms with Crippen molar-refractivity contribution in [3.63, 3.8) is 0 Å². The molecule has 1 aliphatic rings. The summed E-state index contributed by atoms with van der Waals surface area (Å²) < 4.78 is 0. The van der Waals surface area contributed by atoms with Crippen LogP contribution in [-0.4, -0.2) is 12.5 Å². The fraction of sp³-hybridized carbons (Fsp3) is 0.417. The van der Waals surface area contributed by atoms with Crippen molar-refractivity contribution in [1.29, 1.82) is 0 Å². The molecule has 1 heterocycles. The highest BCUT2D eigenvalue weighted by atomic mass is 16.1. The summed E-state index contributed by atoms with van der Waals surface area (Å²) in [6, 6.07) is 6.03. The van der Waals surface area contributed by atoms with Crippen molar-refractivity contribution in [3.8, 4) is 0 Å². The predicted octanol–water partition coefficient (Wildman–Crippen LogP) is 1.70. The van der Waals surface area contributed by atoms with Gasteiger partial charge >= 0.3 is 0 Å². The molecule has 3 heteroatoms. The second-order valence-electron chi connectivity index (χ2n) is 3.70. The Morgan fingerprint density at radius 1 is 1.53 bits per heavy atom. The third kappa shape index (κ3) is 2.18. The molecule has 0 unspecified atom stereocenters. The molecule has 0 saturated heterocycles. The SMILES string of the molecule is CCC(=O)Nc1cccc2c1CC[N]C2. The number of nitrogens with one attached hydrogen (secondary N) is 1. The van der Waals surface area contributed by atoms with Crippen LogP contribution in [0.15, 0.2) is 18.2 Å². The lowest BCUT2D eigenvalue weighted by Crippen LogP contribution is -2.20. The Labute approximate surface area is 89.9 Å². The molecule has 15 heavy (non-hydrogen) atoms. The Balaban J connectivity index is 2.27. The molecule has 0 spiro atoms. The first-order valence-corrected chi connectivity index (χ1v) is 5.35. The van der Waals surface area contributed by atoms with Gasteiger partial charge in [0.05, 0.1) is 0 Å². The van der Waals surface area contributed by atoms with Crippen LogP contribution in [0.25, 0.3) is 0 Å². The highest BCUT2D eigenvalue weighted by Crippen LogP contribution is 2.23. The molecule has 0 aliphatic carbocycles. The molecular weight excluding hydrogens is 188 g/mol. The first-order chi connectivity index (χ1) is 7.31. The zero-order chi connectivity index (χ0) is 10.7. The first kappa shape index (κ1) is 10.2. The van der Waals surface area contributed by atoms with Crippen LogP contribution in [0.2, 0.25) is 0 Å². The van der Waals surface area contributed by atoms with Gasteiger partial charge in [0.15, 0.2) is 0 Å². The minimum Gasteiger partial charge on any atom is -0.326 e. The van der Waals surface area contributed by atoms with Crippen LogP contribution in [0.1, 0.15) is 24.5 Å². The van der Waals surface area contributed by atoms with Gasteiger partial charge in [-0.05, 0) is 23.6 Å². The van der Waals surface area contributed by atoms with E-state index >= 15 is 0 Å². The van der Waals surface area contributed by atoms with E-state index in [4.69, 9.17) is 0 Å². The van der Waals surface area contributed by atoms with Crippen LogP contribution in [0.5, 0.6) is 0 Å². The molecule has 2 rings (SSSR count). The van der Waals surface area contributed by atoms with Gasteiger partial charge in [-0.3, -0.25) is 4.79 Å². The molecule has 0 bridgehead atoms. The molecule has 0 aromatic heterocycles. The third-order valence-corrected chi connectivity index (χ3v) is 2.67. The van der Waals surface area contributed by atoms with Gasteiger partial charge in [0, 0.05) is 25.2 Å². The van der Waals surface area contributed by atoms with Crippen LogP contribution in [0, 0.1) is 0 Å². The topological polar surface area (TPSA) is 43.2 Å². The molecule has 1 aliphatic heterocycles. The van der Waals surface area contributed by atoms with Crippen LogP contribution in [0.3, 0.4) is 0 Å². The largest absolute Gasteiger partial charge is 0.326 e. The van der Waals surface area contributed by atoms with E-state index in [0.29, 0.717) is 6.42 Å². The lowest BCUT2D eigenvalue weighted by Gasteiger charge is -2.19. The second-order valence-corrected chi connectivity index (χ2v) is 3.70. The molecule has 0 saturated carbocycles. The van der Waals surface area contributed by atoms with Gasteiger partial charge in [-0.15, -0.1) is 0 Å². The average molecular weight is 203 g/mol. The molecular formula is C12H15N2O. The smallest absolute Gasteiger partial charge is 0.224 e. The van der Waals surface area contributed by atoms with Crippen molar-refractivity contribution >= 4 is 11.6 Å². The monoisotopic (exact) mass is 203 g/mol. The van der Waals surface area contributed by atoms with E-state index in [1.54, 1.807) is 0 Å². The van der Waals surface area contributed by atoms with E-state index in [2.05, 4.69) is 16.7 Å². The van der Waals surface area contributed by atoms with Crippen molar-refractivity contribution in [3.05, 3.63) is 29.3 Å². The summed E-state index contributed by atoms with van der Waals surface area (Å²) in [6.45, 7) is 3.51. The van der Waals surface area contributed by atoms with E-state index in [-0.39, 0.29) is 5.91 Å². The van der Waals surface area contributed by atoms with Crippen LogP contribution < -0.4 is 10.6 Å². The number of benzene rings is 1. The van der Waals surface area contributed by atoms with E-state index in [0.717, 1.165) is 25.2 Å². The number of carbonyl (C=O) groups is 1. The van der Waals surface area contributed by atoms with E-state index in [1.807, 2.05) is 19.1 Å². The molecule has 3 nitrogen and oxygen atoms in total. The van der Waals surface area contributed by atoms with Crippen LogP contribution in [-0.2, 0) is 17.8 Å². The average Bonchev–Trinajstić information content (AvgIpc) is 2.29. The zero-order valence-corrected chi connectivity index (χ0v) is 8.92. The van der Waals surface area contributed by atoms with Gasteiger partial charge < -0.3 is 5.32 Å². The third-order valence-electron chi connectivity index (χ3n) is 2.67. The molecule has 1 aromatic rings. The standard InChI is InChI=1S/C12H15N2O/c1-2-12(15)14-11-5-3-4-9-8-13-7-6-10(9)11/h3-5H,2,6-8H2,1H3,(H,14,15). The summed E-state index contributed by atoms with van der Waals surface area (Å²) >= 11 is 0. The highest BCUT2D eigenvalue weighted by molar-refractivity contribution is 5.91. The van der Waals surface area contributed by atoms with Crippen LogP contribution >= 0.6 is 0 Å². The van der Waals surface area contributed by atoms with Crippen molar-refractivity contribution < 1.29 is 4.79 Å². The summed E-state index contributed by atoms with van der Waals surface area (Å²) in [5, 5.41) is 7.29. The first-order valence-electron chi connectivity index (χ1n) is 5.35. The summed E-state index contributed by atoms with van der Waals surface area (Å²) in [7, 11) is 0. The molecule has 0 fully saturated rings. The minimum atomic E-state index is 0.0749. The fourth-order valence-corrected chi connectivity index (χ4v) is 1.82. The molecule has 0 atom stereocenters. The van der Waals surface area contributed by atoms with Crippen LogP contribution in [0.4, 0.5) is 5.69 Å². The Hall–Kier alpha value is -1.35. The van der Waals surface area contributed by atoms with Crippen molar-refractivity contribution in [2.75, 3.05) is 11.9 Å². The van der Waals surface area contributed by atoms with Crippen molar-refractivity contribution in [2.24, 2.45) is 0 Å². The number of carbonyl (C=O) groups excluding carboxylic acids is 1. The van der Waals surface area contributed by atoms with Gasteiger partial charge in [-0.2, -0.15) is 0 Å². The highest BCUT2D eigenvalue weighted by Gasteiger charge is 2.13. The van der Waals surface area contributed by atoms with Gasteiger partial charge in [-0.25, -0.2) is 5.32 Å². The number of hydrogen-bond donors (Lipinski definition) is 1. The summed E-state index contributed by atoms with van der Waals surface area (Å²) in [4.78, 5) is 11.3. The minimum absolute atomic E-state index is 0.0749. The quantitative estimate of drug-likeness (QED) is 0.781. The van der Waals surface area contributed by atoms with Gasteiger partial charge in [0.1, 0.15) is 0 Å². The molecule has 1 radical (unpaired) electrons. The maximum atomic E-state index is 11.3. The lowest BCUT2D eigenvalue weighted by atomic mass is 9.99. The summed E-state index contributed by atoms with van der Waals surface area (Å²) in [5.41, 5.74) is 3.47. The molecule has 1 aromatic carbocycles. The Morgan fingerprint density at radius 3 is 3.20 bits per heavy atom. The number of fused-ring (bicyclic) bond motifs is 1. The number of hydrogen-bond acceptors (Lipinski definition) is 1. The number of anilines is 1. The Morgan fingerprint density at radius 2 is 2.40 bits per heavy atom. The van der Waals surface area contributed by atoms with Crippen molar-refractivity contribution in [2.45, 2.75) is 26.3 Å². The van der Waals surface area contributed by atoms with Gasteiger partial charge in [0.2, 0.25) is 5.91 Å². The fourth-order valence-electron chi connectivity index (χ4n) is 1.82. The van der Waals surface area contributed by atoms with E-state index in [1.165, 1.54) is 11.1 Å². The molecule has 1 N–H and O–H groups in total.